The van der Waals surface area contributed by atoms with Crippen molar-refractivity contribution in [1.82, 2.24) is 15.1 Å². The van der Waals surface area contributed by atoms with Crippen molar-refractivity contribution in [1.29, 1.82) is 0 Å². The summed E-state index contributed by atoms with van der Waals surface area (Å²) in [5, 5.41) is 9.04. The molecule has 1 atom stereocenters. The molecule has 1 aromatic carbocycles. The number of aromatic nitrogens is 2. The largest absolute Gasteiger partial charge is 0.485 e. The Kier molecular flexibility index (Phi) is 5.53. The van der Waals surface area contributed by atoms with Crippen LogP contribution in [0.3, 0.4) is 0 Å². The SMILES string of the molecule is NC(=O)CSc1nnc(N2CCN(C(=O)C3COc4ccccc4O3)CC2)s1. The van der Waals surface area contributed by atoms with Crippen molar-refractivity contribution in [3.05, 3.63) is 24.3 Å². The molecule has 1 saturated heterocycles. The van der Waals surface area contributed by atoms with Crippen molar-refractivity contribution in [3.63, 3.8) is 0 Å². The van der Waals surface area contributed by atoms with E-state index in [1.807, 2.05) is 18.2 Å². The number of rotatable bonds is 5. The van der Waals surface area contributed by atoms with Crippen molar-refractivity contribution in [2.24, 2.45) is 5.73 Å². The fraction of sp³-hybridized carbons (Fsp3) is 0.412. The molecule has 9 nitrogen and oxygen atoms in total. The Morgan fingerprint density at radius 3 is 2.68 bits per heavy atom. The Morgan fingerprint density at radius 2 is 1.93 bits per heavy atom. The summed E-state index contributed by atoms with van der Waals surface area (Å²) in [6.07, 6.45) is -0.625. The molecule has 1 aromatic heterocycles. The van der Waals surface area contributed by atoms with E-state index in [9.17, 15) is 9.59 Å². The number of amides is 2. The van der Waals surface area contributed by atoms with Gasteiger partial charge in [-0.3, -0.25) is 9.59 Å². The highest BCUT2D eigenvalue weighted by Crippen LogP contribution is 2.32. The number of fused-ring (bicyclic) bond motifs is 1. The zero-order valence-electron chi connectivity index (χ0n) is 14.9. The molecule has 0 aliphatic carbocycles. The Hall–Kier alpha value is -2.53. The predicted molar refractivity (Wildman–Crippen MR) is 105 cm³/mol. The van der Waals surface area contributed by atoms with Crippen LogP contribution in [-0.2, 0) is 9.59 Å². The summed E-state index contributed by atoms with van der Waals surface area (Å²) in [6.45, 7) is 2.68. The monoisotopic (exact) mass is 421 g/mol. The van der Waals surface area contributed by atoms with Crippen LogP contribution in [0.4, 0.5) is 5.13 Å². The number of anilines is 1. The number of nitrogens with two attached hydrogens (primary N) is 1. The molecule has 2 N–H and O–H groups in total. The number of hydrogen-bond acceptors (Lipinski definition) is 9. The van der Waals surface area contributed by atoms with Crippen LogP contribution < -0.4 is 20.1 Å². The highest BCUT2D eigenvalue weighted by Gasteiger charge is 2.33. The van der Waals surface area contributed by atoms with E-state index >= 15 is 0 Å². The number of nitrogens with zero attached hydrogens (tertiary/aromatic N) is 4. The highest BCUT2D eigenvalue weighted by molar-refractivity contribution is 8.01. The Labute approximate surface area is 169 Å². The standard InChI is InChI=1S/C17H19N5O4S2/c18-14(23)10-27-17-20-19-16(28-17)22-7-5-21(6-8-22)15(24)13-9-25-11-3-1-2-4-12(11)26-13/h1-4,13H,5-10H2,(H2,18,23). The summed E-state index contributed by atoms with van der Waals surface area (Å²) in [6, 6.07) is 7.35. The number of thioether (sulfide) groups is 1. The van der Waals surface area contributed by atoms with E-state index in [1.165, 1.54) is 23.1 Å². The summed E-state index contributed by atoms with van der Waals surface area (Å²) < 4.78 is 12.2. The molecule has 2 amide bonds. The lowest BCUT2D eigenvalue weighted by molar-refractivity contribution is -0.141. The minimum absolute atomic E-state index is 0.0656. The van der Waals surface area contributed by atoms with Crippen LogP contribution in [0.2, 0.25) is 0 Å². The van der Waals surface area contributed by atoms with E-state index in [4.69, 9.17) is 15.2 Å². The van der Waals surface area contributed by atoms with E-state index < -0.39 is 6.10 Å². The molecule has 1 fully saturated rings. The lowest BCUT2D eigenvalue weighted by atomic mass is 10.2. The average Bonchev–Trinajstić information content (AvgIpc) is 3.20. The zero-order chi connectivity index (χ0) is 19.5. The molecule has 3 heterocycles. The van der Waals surface area contributed by atoms with Crippen LogP contribution in [0.1, 0.15) is 0 Å². The van der Waals surface area contributed by atoms with Crippen LogP contribution in [-0.4, -0.2) is 71.6 Å². The molecule has 0 bridgehead atoms. The third kappa shape index (κ3) is 4.14. The highest BCUT2D eigenvalue weighted by atomic mass is 32.2. The molecule has 148 valence electrons. The van der Waals surface area contributed by atoms with Crippen LogP contribution in [0, 0.1) is 0 Å². The minimum atomic E-state index is -0.625. The fourth-order valence-electron chi connectivity index (χ4n) is 2.98. The predicted octanol–water partition coefficient (Wildman–Crippen LogP) is 0.604. The van der Waals surface area contributed by atoms with Gasteiger partial charge in [-0.1, -0.05) is 35.2 Å². The molecular weight excluding hydrogens is 402 g/mol. The second-order valence-electron chi connectivity index (χ2n) is 6.28. The average molecular weight is 422 g/mol. The van der Waals surface area contributed by atoms with E-state index in [0.29, 0.717) is 42.0 Å². The lowest BCUT2D eigenvalue weighted by Crippen LogP contribution is -2.54. The molecule has 0 radical (unpaired) electrons. The van der Waals surface area contributed by atoms with Gasteiger partial charge >= 0.3 is 0 Å². The topological polar surface area (TPSA) is 111 Å². The van der Waals surface area contributed by atoms with Crippen molar-refractivity contribution < 1.29 is 19.1 Å². The molecule has 0 spiro atoms. The minimum Gasteiger partial charge on any atom is -0.485 e. The summed E-state index contributed by atoms with van der Waals surface area (Å²) in [5.41, 5.74) is 5.15. The van der Waals surface area contributed by atoms with Crippen LogP contribution in [0.5, 0.6) is 11.5 Å². The van der Waals surface area contributed by atoms with Crippen LogP contribution in [0.15, 0.2) is 28.6 Å². The van der Waals surface area contributed by atoms with Gasteiger partial charge in [0, 0.05) is 26.2 Å². The number of ether oxygens (including phenoxy) is 2. The van der Waals surface area contributed by atoms with Gasteiger partial charge in [0.1, 0.15) is 6.61 Å². The van der Waals surface area contributed by atoms with Gasteiger partial charge in [-0.2, -0.15) is 0 Å². The summed E-state index contributed by atoms with van der Waals surface area (Å²) in [7, 11) is 0. The van der Waals surface area contributed by atoms with E-state index in [-0.39, 0.29) is 24.2 Å². The van der Waals surface area contributed by atoms with Crippen molar-refractivity contribution in [3.8, 4) is 11.5 Å². The van der Waals surface area contributed by atoms with Crippen molar-refractivity contribution >= 4 is 40.0 Å². The molecule has 11 heteroatoms. The van der Waals surface area contributed by atoms with Crippen molar-refractivity contribution in [2.45, 2.75) is 10.4 Å². The number of para-hydroxylation sites is 2. The molecular formula is C17H19N5O4S2. The molecule has 2 aliphatic heterocycles. The molecule has 0 saturated carbocycles. The van der Waals surface area contributed by atoms with Gasteiger partial charge in [-0.15, -0.1) is 10.2 Å². The maximum Gasteiger partial charge on any atom is 0.267 e. The molecule has 2 aliphatic rings. The van der Waals surface area contributed by atoms with Crippen LogP contribution in [0.25, 0.3) is 0 Å². The second-order valence-corrected chi connectivity index (χ2v) is 8.46. The van der Waals surface area contributed by atoms with Crippen LogP contribution >= 0.6 is 23.1 Å². The van der Waals surface area contributed by atoms with E-state index in [0.717, 1.165) is 5.13 Å². The van der Waals surface area contributed by atoms with Gasteiger partial charge in [-0.05, 0) is 12.1 Å². The van der Waals surface area contributed by atoms with Gasteiger partial charge in [0.15, 0.2) is 15.8 Å². The third-order valence-corrected chi connectivity index (χ3v) is 6.52. The van der Waals surface area contributed by atoms with E-state index in [2.05, 4.69) is 15.1 Å². The Morgan fingerprint density at radius 1 is 1.18 bits per heavy atom. The Balaban J connectivity index is 1.31. The first-order valence-corrected chi connectivity index (χ1v) is 10.6. The number of piperazine rings is 1. The third-order valence-electron chi connectivity index (χ3n) is 4.38. The number of carbonyl (C=O) groups excluding carboxylic acids is 2. The van der Waals surface area contributed by atoms with Crippen molar-refractivity contribution in [2.75, 3.05) is 43.4 Å². The molecule has 28 heavy (non-hydrogen) atoms. The Bertz CT molecular complexity index is 869. The fourth-order valence-corrected chi connectivity index (χ4v) is 4.62. The zero-order valence-corrected chi connectivity index (χ0v) is 16.6. The van der Waals surface area contributed by atoms with E-state index in [1.54, 1.807) is 11.0 Å². The smallest absolute Gasteiger partial charge is 0.267 e. The normalized spacial score (nSPS) is 18.8. The van der Waals surface area contributed by atoms with Gasteiger partial charge in [0.2, 0.25) is 17.1 Å². The van der Waals surface area contributed by atoms with Gasteiger partial charge in [0.05, 0.1) is 5.75 Å². The molecule has 1 unspecified atom stereocenters. The quantitative estimate of drug-likeness (QED) is 0.699. The van der Waals surface area contributed by atoms with Gasteiger partial charge < -0.3 is 25.0 Å². The van der Waals surface area contributed by atoms with Gasteiger partial charge in [-0.25, -0.2) is 0 Å². The summed E-state index contributed by atoms with van der Waals surface area (Å²) >= 11 is 2.70. The summed E-state index contributed by atoms with van der Waals surface area (Å²) in [4.78, 5) is 27.5. The number of primary amides is 1. The summed E-state index contributed by atoms with van der Waals surface area (Å²) in [5.74, 6) is 0.997. The maximum atomic E-state index is 12.8. The first-order valence-electron chi connectivity index (χ1n) is 8.77. The maximum absolute atomic E-state index is 12.8. The first kappa shape index (κ1) is 18.8. The first-order chi connectivity index (χ1) is 13.6. The molecule has 2 aromatic rings. The molecule has 4 rings (SSSR count). The lowest BCUT2D eigenvalue weighted by Gasteiger charge is -2.36. The number of hydrogen-bond donors (Lipinski definition) is 1. The number of carbonyl (C=O) groups is 2. The number of benzene rings is 1. The van der Waals surface area contributed by atoms with Gasteiger partial charge in [0.25, 0.3) is 5.91 Å². The second kappa shape index (κ2) is 8.23.